The number of benzene rings is 2. The van der Waals surface area contributed by atoms with Crippen LogP contribution >= 0.6 is 11.8 Å². The average molecular weight is 635 g/mol. The summed E-state index contributed by atoms with van der Waals surface area (Å²) < 4.78 is 16.1. The van der Waals surface area contributed by atoms with Gasteiger partial charge in [-0.05, 0) is 61.6 Å². The lowest BCUT2D eigenvalue weighted by molar-refractivity contribution is -0.149. The number of likely N-dealkylation sites (tertiary alicyclic amines) is 1. The zero-order valence-corrected chi connectivity index (χ0v) is 28.4. The molecule has 0 radical (unpaired) electrons. The van der Waals surface area contributed by atoms with Crippen molar-refractivity contribution in [2.24, 2.45) is 5.92 Å². The van der Waals surface area contributed by atoms with E-state index >= 15 is 0 Å². The normalized spacial score (nSPS) is 15.0. The predicted molar refractivity (Wildman–Crippen MR) is 179 cm³/mol. The highest BCUT2D eigenvalue weighted by atomic mass is 32.2. The monoisotopic (exact) mass is 634 g/mol. The van der Waals surface area contributed by atoms with E-state index < -0.39 is 0 Å². The quantitative estimate of drug-likeness (QED) is 0.132. The Morgan fingerprint density at radius 2 is 1.80 bits per heavy atom. The van der Waals surface area contributed by atoms with E-state index in [1.54, 1.807) is 37.8 Å². The molecule has 242 valence electrons. The van der Waals surface area contributed by atoms with Crippen LogP contribution in [0.1, 0.15) is 67.7 Å². The summed E-state index contributed by atoms with van der Waals surface area (Å²) >= 11 is 1.56. The number of nitrogens with zero attached hydrogens (tertiary/aromatic N) is 4. The Labute approximate surface area is 271 Å². The van der Waals surface area contributed by atoms with Crippen LogP contribution in [0, 0.1) is 5.92 Å². The third-order valence-electron chi connectivity index (χ3n) is 7.91. The summed E-state index contributed by atoms with van der Waals surface area (Å²) in [5.74, 6) is 2.38. The van der Waals surface area contributed by atoms with E-state index in [2.05, 4.69) is 37.8 Å². The van der Waals surface area contributed by atoms with Crippen molar-refractivity contribution in [3.63, 3.8) is 0 Å². The van der Waals surface area contributed by atoms with Gasteiger partial charge in [0.25, 0.3) is 5.91 Å². The Morgan fingerprint density at radius 3 is 2.51 bits per heavy atom. The summed E-state index contributed by atoms with van der Waals surface area (Å²) in [6, 6.07) is 15.8. The molecule has 1 saturated heterocycles. The largest absolute Gasteiger partial charge is 0.493 e. The highest BCUT2D eigenvalue weighted by Gasteiger charge is 2.30. The van der Waals surface area contributed by atoms with Crippen molar-refractivity contribution < 1.29 is 23.8 Å². The van der Waals surface area contributed by atoms with E-state index in [-0.39, 0.29) is 23.2 Å². The van der Waals surface area contributed by atoms with Crippen molar-refractivity contribution >= 4 is 29.5 Å². The molecule has 2 aromatic carbocycles. The Balaban J connectivity index is 1.45. The number of anilines is 1. The third kappa shape index (κ3) is 9.12. The van der Waals surface area contributed by atoms with Crippen molar-refractivity contribution in [3.8, 4) is 11.5 Å². The van der Waals surface area contributed by atoms with Crippen molar-refractivity contribution in [1.82, 2.24) is 14.9 Å². The molecule has 1 aliphatic rings. The molecule has 9 nitrogen and oxygen atoms in total. The predicted octanol–water partition coefficient (Wildman–Crippen LogP) is 6.18. The molecule has 1 aliphatic heterocycles. The first-order valence-corrected chi connectivity index (χ1v) is 16.5. The van der Waals surface area contributed by atoms with Gasteiger partial charge in [-0.15, -0.1) is 0 Å². The molecule has 0 unspecified atom stereocenters. The zero-order chi connectivity index (χ0) is 32.6. The molecule has 1 amide bonds. The minimum Gasteiger partial charge on any atom is -0.493 e. The van der Waals surface area contributed by atoms with Crippen molar-refractivity contribution in [2.45, 2.75) is 63.3 Å². The number of carbonyl (C=O) groups is 2. The molecule has 0 N–H and O–H groups in total. The summed E-state index contributed by atoms with van der Waals surface area (Å²) in [4.78, 5) is 39.4. The Kier molecular flexibility index (Phi) is 11.7. The molecule has 1 aromatic heterocycles. The molecule has 0 spiro atoms. The molecule has 4 rings (SSSR count). The van der Waals surface area contributed by atoms with Gasteiger partial charge in [0.1, 0.15) is 5.82 Å². The van der Waals surface area contributed by atoms with Crippen LogP contribution in [0.15, 0.2) is 53.7 Å². The van der Waals surface area contributed by atoms with Gasteiger partial charge in [0, 0.05) is 49.5 Å². The average Bonchev–Trinajstić information content (AvgIpc) is 3.05. The molecular weight excluding hydrogens is 588 g/mol. The lowest BCUT2D eigenvalue weighted by atomic mass is 9.92. The van der Waals surface area contributed by atoms with Crippen LogP contribution in [-0.4, -0.2) is 74.3 Å². The summed E-state index contributed by atoms with van der Waals surface area (Å²) in [5, 5.41) is 0.695. The molecule has 10 heteroatoms. The number of amides is 1. The number of methoxy groups -OCH3 is 2. The summed E-state index contributed by atoms with van der Waals surface area (Å²) in [6.45, 7) is 10.4. The van der Waals surface area contributed by atoms with Crippen LogP contribution in [0.2, 0.25) is 0 Å². The molecule has 3 aromatic rings. The van der Waals surface area contributed by atoms with E-state index in [1.165, 1.54) is 0 Å². The first-order valence-electron chi connectivity index (χ1n) is 15.5. The molecule has 2 heterocycles. The second-order valence-corrected chi connectivity index (χ2v) is 13.3. The van der Waals surface area contributed by atoms with Gasteiger partial charge in [0.05, 0.1) is 32.4 Å². The minimum atomic E-state index is -0.264. The Hall–Kier alpha value is -3.79. The first-order chi connectivity index (χ1) is 21.5. The third-order valence-corrected chi connectivity index (χ3v) is 8.82. The molecule has 0 aliphatic carbocycles. The number of ether oxygens (including phenoxy) is 3. The maximum absolute atomic E-state index is 13.4. The van der Waals surface area contributed by atoms with Crippen LogP contribution in [0.5, 0.6) is 11.5 Å². The molecule has 0 saturated carbocycles. The fourth-order valence-corrected chi connectivity index (χ4v) is 6.04. The van der Waals surface area contributed by atoms with Crippen LogP contribution in [-0.2, 0) is 27.1 Å². The molecular formula is C35H46N4O5S. The fraction of sp³-hybridized carbons (Fsp3) is 0.486. The van der Waals surface area contributed by atoms with E-state index in [0.717, 1.165) is 54.2 Å². The van der Waals surface area contributed by atoms with Gasteiger partial charge in [-0.2, -0.15) is 0 Å². The molecule has 45 heavy (non-hydrogen) atoms. The van der Waals surface area contributed by atoms with E-state index in [1.807, 2.05) is 43.4 Å². The van der Waals surface area contributed by atoms with Crippen molar-refractivity contribution in [1.29, 1.82) is 0 Å². The van der Waals surface area contributed by atoms with E-state index in [0.29, 0.717) is 41.9 Å². The standard InChI is InChI=1S/C35H46N4O5S/c1-8-44-33(41)27-13-10-17-39(22-27)32(40)26-12-9-11-25(19-26)23-45-34-36-30(35(2,3)4)21-31(37-34)38(5)18-16-24-14-15-28(42-6)29(20-24)43-7/h9,11-12,14-15,19-21,27H,8,10,13,16-18,22-23H2,1-7H3/t27-/m1/s1. The summed E-state index contributed by atoms with van der Waals surface area (Å²) in [5.41, 5.74) is 3.60. The lowest BCUT2D eigenvalue weighted by Gasteiger charge is -2.31. The van der Waals surface area contributed by atoms with Gasteiger partial charge in [-0.3, -0.25) is 9.59 Å². The van der Waals surface area contributed by atoms with E-state index in [9.17, 15) is 9.59 Å². The van der Waals surface area contributed by atoms with Gasteiger partial charge in [0.2, 0.25) is 0 Å². The number of carbonyl (C=O) groups excluding carboxylic acids is 2. The number of aromatic nitrogens is 2. The number of rotatable bonds is 12. The highest BCUT2D eigenvalue weighted by Crippen LogP contribution is 2.30. The lowest BCUT2D eigenvalue weighted by Crippen LogP contribution is -2.42. The first kappa shape index (κ1) is 34.1. The van der Waals surface area contributed by atoms with Gasteiger partial charge >= 0.3 is 5.97 Å². The van der Waals surface area contributed by atoms with Gasteiger partial charge < -0.3 is 24.0 Å². The topological polar surface area (TPSA) is 94.1 Å². The van der Waals surface area contributed by atoms with Crippen molar-refractivity contribution in [3.05, 3.63) is 70.9 Å². The summed E-state index contributed by atoms with van der Waals surface area (Å²) in [6.07, 6.45) is 2.35. The van der Waals surface area contributed by atoms with Gasteiger partial charge in [0.15, 0.2) is 16.7 Å². The van der Waals surface area contributed by atoms with Crippen LogP contribution < -0.4 is 14.4 Å². The Bertz CT molecular complexity index is 1470. The minimum absolute atomic E-state index is 0.0554. The number of hydrogen-bond donors (Lipinski definition) is 0. The van der Waals surface area contributed by atoms with Gasteiger partial charge in [-0.25, -0.2) is 9.97 Å². The zero-order valence-electron chi connectivity index (χ0n) is 27.6. The fourth-order valence-electron chi connectivity index (χ4n) is 5.24. The highest BCUT2D eigenvalue weighted by molar-refractivity contribution is 7.98. The SMILES string of the molecule is CCOC(=O)[C@@H]1CCCN(C(=O)c2cccc(CSc3nc(N(C)CCc4ccc(OC)c(OC)c4)cc(C(C)(C)C)n3)c2)C1. The molecule has 0 bridgehead atoms. The second-order valence-electron chi connectivity index (χ2n) is 12.3. The van der Waals surface area contributed by atoms with Gasteiger partial charge in [-0.1, -0.05) is 50.7 Å². The Morgan fingerprint density at radius 1 is 1.02 bits per heavy atom. The maximum atomic E-state index is 13.4. The van der Waals surface area contributed by atoms with E-state index in [4.69, 9.17) is 24.2 Å². The number of hydrogen-bond acceptors (Lipinski definition) is 9. The van der Waals surface area contributed by atoms with Crippen LogP contribution in [0.25, 0.3) is 0 Å². The number of thioether (sulfide) groups is 1. The van der Waals surface area contributed by atoms with Crippen LogP contribution in [0.4, 0.5) is 5.82 Å². The number of esters is 1. The molecule has 1 atom stereocenters. The smallest absolute Gasteiger partial charge is 0.310 e. The second kappa shape index (κ2) is 15.5. The van der Waals surface area contributed by atoms with Crippen LogP contribution in [0.3, 0.4) is 0 Å². The number of piperidine rings is 1. The van der Waals surface area contributed by atoms with Crippen molar-refractivity contribution in [2.75, 3.05) is 52.4 Å². The number of likely N-dealkylation sites (N-methyl/N-ethyl adjacent to an activating group) is 1. The maximum Gasteiger partial charge on any atom is 0.310 e. The molecule has 1 fully saturated rings. The summed E-state index contributed by atoms with van der Waals surface area (Å²) in [7, 11) is 5.33.